The van der Waals surface area contributed by atoms with Gasteiger partial charge in [-0.3, -0.25) is 9.69 Å². The van der Waals surface area contributed by atoms with Crippen molar-refractivity contribution in [2.24, 2.45) is 7.05 Å². The van der Waals surface area contributed by atoms with Crippen LogP contribution < -0.4 is 5.32 Å². The fourth-order valence-electron chi connectivity index (χ4n) is 3.92. The number of amides is 1. The predicted molar refractivity (Wildman–Crippen MR) is 101 cm³/mol. The number of carbonyl (C=O) groups is 1. The van der Waals surface area contributed by atoms with Gasteiger partial charge in [-0.25, -0.2) is 17.7 Å². The number of rotatable bonds is 7. The molecule has 27 heavy (non-hydrogen) atoms. The minimum absolute atomic E-state index is 0.174. The zero-order valence-corrected chi connectivity index (χ0v) is 16.8. The topological polar surface area (TPSA) is 96.8 Å². The first-order valence-electron chi connectivity index (χ1n) is 9.40. The number of nitrogens with zero attached hydrogens (tertiary/aromatic N) is 4. The van der Waals surface area contributed by atoms with E-state index < -0.39 is 10.0 Å². The molecule has 1 aromatic rings. The van der Waals surface area contributed by atoms with Gasteiger partial charge in [-0.05, 0) is 19.3 Å². The number of sulfonamides is 1. The van der Waals surface area contributed by atoms with Crippen LogP contribution >= 0.6 is 0 Å². The van der Waals surface area contributed by atoms with Crippen LogP contribution in [0.15, 0.2) is 12.4 Å². The van der Waals surface area contributed by atoms with E-state index in [0.717, 1.165) is 32.5 Å². The van der Waals surface area contributed by atoms with Crippen molar-refractivity contribution in [2.75, 3.05) is 45.6 Å². The van der Waals surface area contributed by atoms with Crippen LogP contribution in [0.4, 0.5) is 0 Å². The van der Waals surface area contributed by atoms with Crippen LogP contribution in [0.5, 0.6) is 0 Å². The Morgan fingerprint density at radius 2 is 2.07 bits per heavy atom. The second kappa shape index (κ2) is 8.68. The van der Waals surface area contributed by atoms with Crippen molar-refractivity contribution in [3.05, 3.63) is 18.2 Å². The molecule has 2 aliphatic rings. The summed E-state index contributed by atoms with van der Waals surface area (Å²) in [7, 11) is -1.38. The molecule has 1 unspecified atom stereocenters. The minimum atomic E-state index is -3.17. The number of hydrogen-bond acceptors (Lipinski definition) is 6. The molecule has 152 valence electrons. The van der Waals surface area contributed by atoms with Gasteiger partial charge in [0.25, 0.3) is 5.91 Å². The molecule has 1 aromatic heterocycles. The molecule has 3 heterocycles. The molecule has 2 saturated heterocycles. The second-order valence-electron chi connectivity index (χ2n) is 7.26. The maximum absolute atomic E-state index is 12.3. The lowest BCUT2D eigenvalue weighted by Gasteiger charge is -2.38. The van der Waals surface area contributed by atoms with Gasteiger partial charge in [0.1, 0.15) is 0 Å². The van der Waals surface area contributed by atoms with Gasteiger partial charge in [0.15, 0.2) is 5.82 Å². The van der Waals surface area contributed by atoms with E-state index in [4.69, 9.17) is 4.74 Å². The van der Waals surface area contributed by atoms with Crippen LogP contribution in [0, 0.1) is 0 Å². The van der Waals surface area contributed by atoms with Gasteiger partial charge in [0.2, 0.25) is 10.0 Å². The number of carbonyl (C=O) groups excluding carboxylic acids is 1. The highest BCUT2D eigenvalue weighted by molar-refractivity contribution is 7.88. The zero-order chi connectivity index (χ0) is 19.4. The van der Waals surface area contributed by atoms with Crippen molar-refractivity contribution in [3.63, 3.8) is 0 Å². The maximum Gasteiger partial charge on any atom is 0.287 e. The minimum Gasteiger partial charge on any atom is -0.381 e. The molecule has 0 saturated carbocycles. The Kier molecular flexibility index (Phi) is 6.51. The molecule has 0 spiro atoms. The van der Waals surface area contributed by atoms with E-state index in [2.05, 4.69) is 15.2 Å². The van der Waals surface area contributed by atoms with Crippen molar-refractivity contribution < 1.29 is 17.9 Å². The molecule has 1 N–H and O–H groups in total. The largest absolute Gasteiger partial charge is 0.381 e. The summed E-state index contributed by atoms with van der Waals surface area (Å²) in [6.45, 7) is 3.71. The van der Waals surface area contributed by atoms with Crippen LogP contribution in [0.2, 0.25) is 0 Å². The van der Waals surface area contributed by atoms with E-state index in [0.29, 0.717) is 38.0 Å². The number of hydrogen-bond donors (Lipinski definition) is 1. The first kappa shape index (κ1) is 20.2. The molecule has 2 fully saturated rings. The normalized spacial score (nSPS) is 22.4. The Hall–Kier alpha value is -1.49. The standard InChI is InChI=1S/C17H29N5O4S/c1-20-9-6-18-16(20)17(23)19-7-10-22(14-4-11-26-12-5-14)15-3-8-21(13-15)27(2,24)25/h6,9,14-15H,3-5,7-8,10-13H2,1-2H3,(H,19,23). The smallest absolute Gasteiger partial charge is 0.287 e. The van der Waals surface area contributed by atoms with Crippen LogP contribution in [0.3, 0.4) is 0 Å². The molecule has 1 amide bonds. The highest BCUT2D eigenvalue weighted by Gasteiger charge is 2.35. The lowest BCUT2D eigenvalue weighted by atomic mass is 10.0. The second-order valence-corrected chi connectivity index (χ2v) is 9.24. The molecular formula is C17H29N5O4S. The van der Waals surface area contributed by atoms with Crippen molar-refractivity contribution >= 4 is 15.9 Å². The summed E-state index contributed by atoms with van der Waals surface area (Å²) >= 11 is 0. The third kappa shape index (κ3) is 5.07. The van der Waals surface area contributed by atoms with E-state index in [-0.39, 0.29) is 11.9 Å². The van der Waals surface area contributed by atoms with E-state index >= 15 is 0 Å². The van der Waals surface area contributed by atoms with Gasteiger partial charge in [-0.15, -0.1) is 0 Å². The number of imidazole rings is 1. The van der Waals surface area contributed by atoms with Gasteiger partial charge in [-0.1, -0.05) is 0 Å². The van der Waals surface area contributed by atoms with Crippen LogP contribution in [0.25, 0.3) is 0 Å². The van der Waals surface area contributed by atoms with E-state index in [1.807, 2.05) is 0 Å². The number of aromatic nitrogens is 2. The lowest BCUT2D eigenvalue weighted by molar-refractivity contribution is 0.0194. The summed E-state index contributed by atoms with van der Waals surface area (Å²) in [6.07, 6.45) is 7.29. The van der Waals surface area contributed by atoms with Crippen LogP contribution in [-0.4, -0.2) is 90.8 Å². The Labute approximate surface area is 160 Å². The summed E-state index contributed by atoms with van der Waals surface area (Å²) in [5.74, 6) is 0.190. The quantitative estimate of drug-likeness (QED) is 0.674. The first-order chi connectivity index (χ1) is 12.9. The molecule has 0 aromatic carbocycles. The molecule has 0 bridgehead atoms. The fraction of sp³-hybridized carbons (Fsp3) is 0.765. The molecule has 10 heteroatoms. The van der Waals surface area contributed by atoms with Gasteiger partial charge >= 0.3 is 0 Å². The van der Waals surface area contributed by atoms with Crippen molar-refractivity contribution in [2.45, 2.75) is 31.3 Å². The lowest BCUT2D eigenvalue weighted by Crippen LogP contribution is -2.50. The molecule has 2 aliphatic heterocycles. The van der Waals surface area contributed by atoms with Crippen molar-refractivity contribution in [3.8, 4) is 0 Å². The molecule has 3 rings (SSSR count). The number of aryl methyl sites for hydroxylation is 1. The van der Waals surface area contributed by atoms with E-state index in [1.54, 1.807) is 28.3 Å². The summed E-state index contributed by atoms with van der Waals surface area (Å²) in [5, 5.41) is 2.93. The highest BCUT2D eigenvalue weighted by atomic mass is 32.2. The van der Waals surface area contributed by atoms with Gasteiger partial charge < -0.3 is 14.6 Å². The molecule has 1 atom stereocenters. The maximum atomic E-state index is 12.3. The Balaban J connectivity index is 1.60. The molecular weight excluding hydrogens is 370 g/mol. The van der Waals surface area contributed by atoms with Gasteiger partial charge in [-0.2, -0.15) is 0 Å². The van der Waals surface area contributed by atoms with Crippen LogP contribution in [-0.2, 0) is 21.8 Å². The summed E-state index contributed by atoms with van der Waals surface area (Å²) < 4.78 is 32.4. The Morgan fingerprint density at radius 1 is 1.33 bits per heavy atom. The van der Waals surface area contributed by atoms with Gasteiger partial charge in [0.05, 0.1) is 6.26 Å². The number of nitrogens with one attached hydrogen (secondary N) is 1. The predicted octanol–water partition coefficient (Wildman–Crippen LogP) is -0.335. The van der Waals surface area contributed by atoms with Crippen molar-refractivity contribution in [1.29, 1.82) is 0 Å². The highest BCUT2D eigenvalue weighted by Crippen LogP contribution is 2.24. The first-order valence-corrected chi connectivity index (χ1v) is 11.2. The molecule has 9 nitrogen and oxygen atoms in total. The fourth-order valence-corrected chi connectivity index (χ4v) is 4.80. The zero-order valence-electron chi connectivity index (χ0n) is 16.0. The Morgan fingerprint density at radius 3 is 2.67 bits per heavy atom. The monoisotopic (exact) mass is 399 g/mol. The molecule has 0 aliphatic carbocycles. The number of ether oxygens (including phenoxy) is 1. The van der Waals surface area contributed by atoms with E-state index in [9.17, 15) is 13.2 Å². The van der Waals surface area contributed by atoms with Gasteiger partial charge in [0, 0.05) is 70.9 Å². The summed E-state index contributed by atoms with van der Waals surface area (Å²) in [5.41, 5.74) is 0. The third-order valence-electron chi connectivity index (χ3n) is 5.40. The van der Waals surface area contributed by atoms with E-state index in [1.165, 1.54) is 6.26 Å². The summed E-state index contributed by atoms with van der Waals surface area (Å²) in [4.78, 5) is 18.7. The molecule has 0 radical (unpaired) electrons. The average molecular weight is 400 g/mol. The SMILES string of the molecule is Cn1ccnc1C(=O)NCCN(C1CCOCC1)C1CCN(S(C)(=O)=O)C1. The summed E-state index contributed by atoms with van der Waals surface area (Å²) in [6, 6.07) is 0.529. The average Bonchev–Trinajstić information content (AvgIpc) is 3.28. The van der Waals surface area contributed by atoms with Crippen LogP contribution in [0.1, 0.15) is 29.9 Å². The van der Waals surface area contributed by atoms with Crippen molar-refractivity contribution in [1.82, 2.24) is 24.1 Å². The third-order valence-corrected chi connectivity index (χ3v) is 6.67. The Bertz CT molecular complexity index is 744.